The van der Waals surface area contributed by atoms with Crippen LogP contribution in [0, 0.1) is 11.3 Å². The number of ether oxygens (including phenoxy) is 1. The fraction of sp³-hybridized carbons (Fsp3) is 0.966. The molecule has 0 aliphatic heterocycles. The predicted molar refractivity (Wildman–Crippen MR) is 142 cm³/mol. The van der Waals surface area contributed by atoms with Crippen LogP contribution in [0.4, 0.5) is 0 Å². The fourth-order valence-corrected chi connectivity index (χ4v) is 4.49. The lowest BCUT2D eigenvalue weighted by Crippen LogP contribution is -2.43. The highest BCUT2D eigenvalue weighted by atomic mass is 16.5. The van der Waals surface area contributed by atoms with Gasteiger partial charge in [0.1, 0.15) is 5.41 Å². The van der Waals surface area contributed by atoms with Crippen molar-refractivity contribution >= 4 is 5.97 Å². The molecule has 0 amide bonds. The monoisotopic (exact) mass is 486 g/mol. The van der Waals surface area contributed by atoms with E-state index in [0.29, 0.717) is 12.5 Å². The van der Waals surface area contributed by atoms with Crippen LogP contribution in [0.25, 0.3) is 0 Å². The first-order chi connectivity index (χ1) is 16.6. The molecule has 0 rings (SSSR count). The van der Waals surface area contributed by atoms with Gasteiger partial charge in [-0.05, 0) is 18.8 Å². The van der Waals surface area contributed by atoms with E-state index in [2.05, 4.69) is 13.8 Å². The van der Waals surface area contributed by atoms with Crippen LogP contribution in [0.15, 0.2) is 0 Å². The van der Waals surface area contributed by atoms with E-state index in [0.717, 1.165) is 25.7 Å². The Kier molecular flexibility index (Phi) is 23.6. The predicted octanol–water partition coefficient (Wildman–Crippen LogP) is 6.95. The zero-order valence-corrected chi connectivity index (χ0v) is 22.7. The summed E-state index contributed by atoms with van der Waals surface area (Å²) in [7, 11) is 0. The maximum Gasteiger partial charge on any atom is 0.319 e. The summed E-state index contributed by atoms with van der Waals surface area (Å²) in [5, 5.41) is 28.4. The molecule has 1 unspecified atom stereocenters. The highest BCUT2D eigenvalue weighted by Gasteiger charge is 2.39. The smallest absolute Gasteiger partial charge is 0.319 e. The Morgan fingerprint density at radius 1 is 0.588 bits per heavy atom. The Morgan fingerprint density at radius 3 is 1.24 bits per heavy atom. The van der Waals surface area contributed by atoms with Crippen molar-refractivity contribution in [2.24, 2.45) is 11.3 Å². The molecule has 0 bridgehead atoms. The molecule has 34 heavy (non-hydrogen) atoms. The van der Waals surface area contributed by atoms with Gasteiger partial charge in [-0.3, -0.25) is 4.79 Å². The zero-order chi connectivity index (χ0) is 25.3. The number of unbranched alkanes of at least 4 members (excludes halogenated alkanes) is 16. The Morgan fingerprint density at radius 2 is 0.912 bits per heavy atom. The molecule has 5 heteroatoms. The van der Waals surface area contributed by atoms with Gasteiger partial charge < -0.3 is 20.1 Å². The normalized spacial score (nSPS) is 12.7. The van der Waals surface area contributed by atoms with Gasteiger partial charge in [0.05, 0.1) is 26.4 Å². The number of esters is 1. The molecule has 0 saturated carbocycles. The van der Waals surface area contributed by atoms with E-state index >= 15 is 0 Å². The molecular weight excluding hydrogens is 428 g/mol. The highest BCUT2D eigenvalue weighted by molar-refractivity contribution is 5.77. The van der Waals surface area contributed by atoms with Crippen molar-refractivity contribution in [2.75, 3.05) is 26.4 Å². The lowest BCUT2D eigenvalue weighted by molar-refractivity contribution is -0.166. The van der Waals surface area contributed by atoms with Crippen LogP contribution in [0.1, 0.15) is 142 Å². The van der Waals surface area contributed by atoms with E-state index in [1.807, 2.05) is 0 Å². The van der Waals surface area contributed by atoms with Crippen molar-refractivity contribution in [2.45, 2.75) is 142 Å². The molecule has 3 N–H and O–H groups in total. The van der Waals surface area contributed by atoms with Crippen molar-refractivity contribution in [1.29, 1.82) is 0 Å². The van der Waals surface area contributed by atoms with E-state index in [1.54, 1.807) is 0 Å². The summed E-state index contributed by atoms with van der Waals surface area (Å²) < 4.78 is 5.49. The summed E-state index contributed by atoms with van der Waals surface area (Å²) in [5.41, 5.74) is -1.60. The first-order valence-electron chi connectivity index (χ1n) is 14.6. The molecule has 1 atom stereocenters. The minimum absolute atomic E-state index is 0.312. The van der Waals surface area contributed by atoms with Gasteiger partial charge in [-0.1, -0.05) is 129 Å². The molecule has 204 valence electrons. The summed E-state index contributed by atoms with van der Waals surface area (Å²) in [6.07, 6.45) is 25.4. The number of aliphatic hydroxyl groups excluding tert-OH is 3. The average molecular weight is 487 g/mol. The summed E-state index contributed by atoms with van der Waals surface area (Å²) in [6, 6.07) is 0. The van der Waals surface area contributed by atoms with Crippen LogP contribution < -0.4 is 0 Å². The van der Waals surface area contributed by atoms with Gasteiger partial charge in [0.2, 0.25) is 0 Å². The standard InChI is InChI=1S/C29H58O5/c1-3-5-7-9-11-13-14-16-18-20-22-27(21-19-17-15-12-10-8-6-4-2)23-34-28(33)29(24-30,25-31)26-32/h27,30-32H,3-26H2,1-2H3. The van der Waals surface area contributed by atoms with Gasteiger partial charge in [0.25, 0.3) is 0 Å². The van der Waals surface area contributed by atoms with E-state index in [-0.39, 0.29) is 0 Å². The van der Waals surface area contributed by atoms with E-state index in [9.17, 15) is 20.1 Å². The molecular formula is C29H58O5. The fourth-order valence-electron chi connectivity index (χ4n) is 4.49. The first kappa shape index (κ1) is 33.4. The third-order valence-corrected chi connectivity index (χ3v) is 7.22. The second-order valence-electron chi connectivity index (χ2n) is 10.5. The first-order valence-corrected chi connectivity index (χ1v) is 14.6. The zero-order valence-electron chi connectivity index (χ0n) is 22.7. The maximum absolute atomic E-state index is 12.4. The van der Waals surface area contributed by atoms with E-state index in [1.165, 1.54) is 103 Å². The van der Waals surface area contributed by atoms with Crippen LogP contribution in [-0.2, 0) is 9.53 Å². The summed E-state index contributed by atoms with van der Waals surface area (Å²) >= 11 is 0. The second-order valence-corrected chi connectivity index (χ2v) is 10.5. The molecule has 0 aliphatic rings. The van der Waals surface area contributed by atoms with Crippen molar-refractivity contribution < 1.29 is 24.9 Å². The summed E-state index contributed by atoms with van der Waals surface area (Å²) in [4.78, 5) is 12.4. The third kappa shape index (κ3) is 16.9. The highest BCUT2D eigenvalue weighted by Crippen LogP contribution is 2.23. The number of rotatable bonds is 26. The van der Waals surface area contributed by atoms with Gasteiger partial charge >= 0.3 is 5.97 Å². The van der Waals surface area contributed by atoms with Gasteiger partial charge in [0, 0.05) is 0 Å². The van der Waals surface area contributed by atoms with Gasteiger partial charge in [-0.25, -0.2) is 0 Å². The van der Waals surface area contributed by atoms with Gasteiger partial charge in [0.15, 0.2) is 0 Å². The molecule has 0 aromatic carbocycles. The van der Waals surface area contributed by atoms with E-state index < -0.39 is 31.2 Å². The number of carbonyl (C=O) groups excluding carboxylic acids is 1. The van der Waals surface area contributed by atoms with Crippen LogP contribution in [0.5, 0.6) is 0 Å². The quantitative estimate of drug-likeness (QED) is 0.0909. The summed E-state index contributed by atoms with van der Waals surface area (Å²) in [5.74, 6) is -0.379. The minimum atomic E-state index is -1.60. The molecule has 0 saturated heterocycles. The molecule has 0 fully saturated rings. The van der Waals surface area contributed by atoms with Crippen molar-refractivity contribution in [3.8, 4) is 0 Å². The molecule has 0 spiro atoms. The lowest BCUT2D eigenvalue weighted by Gasteiger charge is -2.26. The SMILES string of the molecule is CCCCCCCCCCCCC(CCCCCCCCCC)COC(=O)C(CO)(CO)CO. The molecule has 0 aromatic rings. The Labute approximate surface area is 211 Å². The largest absolute Gasteiger partial charge is 0.465 e. The topological polar surface area (TPSA) is 87.0 Å². The van der Waals surface area contributed by atoms with Crippen molar-refractivity contribution in [1.82, 2.24) is 0 Å². The molecule has 0 aromatic heterocycles. The lowest BCUT2D eigenvalue weighted by atomic mass is 9.91. The maximum atomic E-state index is 12.4. The Balaban J connectivity index is 4.28. The molecule has 0 aliphatic carbocycles. The van der Waals surface area contributed by atoms with Crippen molar-refractivity contribution in [3.63, 3.8) is 0 Å². The summed E-state index contributed by atoms with van der Waals surface area (Å²) in [6.45, 7) is 2.98. The van der Waals surface area contributed by atoms with Crippen molar-refractivity contribution in [3.05, 3.63) is 0 Å². The van der Waals surface area contributed by atoms with Crippen LogP contribution in [0.3, 0.4) is 0 Å². The minimum Gasteiger partial charge on any atom is -0.465 e. The van der Waals surface area contributed by atoms with Crippen LogP contribution in [-0.4, -0.2) is 47.7 Å². The number of hydrogen-bond acceptors (Lipinski definition) is 5. The number of hydrogen-bond donors (Lipinski definition) is 3. The second kappa shape index (κ2) is 24.1. The molecule has 0 heterocycles. The Hall–Kier alpha value is -0.650. The average Bonchev–Trinajstić information content (AvgIpc) is 2.86. The van der Waals surface area contributed by atoms with E-state index in [4.69, 9.17) is 4.74 Å². The number of aliphatic hydroxyl groups is 3. The van der Waals surface area contributed by atoms with Gasteiger partial charge in [-0.15, -0.1) is 0 Å². The third-order valence-electron chi connectivity index (χ3n) is 7.22. The Bertz CT molecular complexity index is 428. The van der Waals surface area contributed by atoms with Crippen LogP contribution in [0.2, 0.25) is 0 Å². The van der Waals surface area contributed by atoms with Gasteiger partial charge in [-0.2, -0.15) is 0 Å². The number of carbonyl (C=O) groups is 1. The molecule has 5 nitrogen and oxygen atoms in total. The van der Waals surface area contributed by atoms with Crippen LogP contribution >= 0.6 is 0 Å². The molecule has 0 radical (unpaired) electrons.